The van der Waals surface area contributed by atoms with Gasteiger partial charge in [0.2, 0.25) is 0 Å². The summed E-state index contributed by atoms with van der Waals surface area (Å²) in [5.74, 6) is 1.34. The van der Waals surface area contributed by atoms with Crippen molar-refractivity contribution in [2.45, 2.75) is 37.6 Å². The second-order valence-electron chi connectivity index (χ2n) is 4.30. The number of hydrogen-bond donors (Lipinski definition) is 1. The van der Waals surface area contributed by atoms with E-state index in [2.05, 4.69) is 35.8 Å². The quantitative estimate of drug-likeness (QED) is 0.691. The highest BCUT2D eigenvalue weighted by Crippen LogP contribution is 2.36. The van der Waals surface area contributed by atoms with Crippen molar-refractivity contribution >= 4 is 11.8 Å². The monoisotopic (exact) mass is 200 g/mol. The third-order valence-electron chi connectivity index (χ3n) is 3.20. The van der Waals surface area contributed by atoms with Gasteiger partial charge in [0, 0.05) is 19.1 Å². The molecular weight excluding hydrogens is 180 g/mol. The van der Waals surface area contributed by atoms with Crippen LogP contribution in [0, 0.1) is 0 Å². The molecule has 0 amide bonds. The van der Waals surface area contributed by atoms with Gasteiger partial charge in [-0.25, -0.2) is 0 Å². The van der Waals surface area contributed by atoms with Gasteiger partial charge >= 0.3 is 0 Å². The Hall–Kier alpha value is 0.270. The summed E-state index contributed by atoms with van der Waals surface area (Å²) in [6, 6.07) is 0.720. The van der Waals surface area contributed by atoms with Crippen molar-refractivity contribution in [3.63, 3.8) is 0 Å². The van der Waals surface area contributed by atoms with Crippen molar-refractivity contribution in [1.82, 2.24) is 10.2 Å². The predicted octanol–water partition coefficient (Wildman–Crippen LogP) is 1.52. The highest BCUT2D eigenvalue weighted by atomic mass is 32.2. The van der Waals surface area contributed by atoms with Gasteiger partial charge in [-0.3, -0.25) is 5.32 Å². The number of nitrogens with zero attached hydrogens (tertiary/aromatic N) is 1. The maximum absolute atomic E-state index is 3.78. The van der Waals surface area contributed by atoms with E-state index in [1.807, 2.05) is 0 Å². The van der Waals surface area contributed by atoms with Crippen molar-refractivity contribution in [3.05, 3.63) is 0 Å². The molecule has 0 aliphatic carbocycles. The topological polar surface area (TPSA) is 15.3 Å². The Morgan fingerprint density at radius 1 is 1.62 bits per heavy atom. The van der Waals surface area contributed by atoms with Gasteiger partial charge in [-0.1, -0.05) is 6.92 Å². The van der Waals surface area contributed by atoms with Crippen LogP contribution in [0.5, 0.6) is 0 Å². The van der Waals surface area contributed by atoms with E-state index in [-0.39, 0.29) is 0 Å². The fourth-order valence-corrected chi connectivity index (χ4v) is 4.01. The van der Waals surface area contributed by atoms with Crippen LogP contribution in [0.2, 0.25) is 0 Å². The Morgan fingerprint density at radius 3 is 3.08 bits per heavy atom. The van der Waals surface area contributed by atoms with Crippen LogP contribution in [0.3, 0.4) is 0 Å². The summed E-state index contributed by atoms with van der Waals surface area (Å²) < 4.78 is 0. The molecule has 2 rings (SSSR count). The lowest BCUT2D eigenvalue weighted by molar-refractivity contribution is 0.323. The summed E-state index contributed by atoms with van der Waals surface area (Å²) in [6.07, 6.45) is 2.66. The summed E-state index contributed by atoms with van der Waals surface area (Å²) in [6.45, 7) is 8.31. The fraction of sp³-hybridized carbons (Fsp3) is 1.00. The SMILES string of the molecule is CCN1CCC2(C1)NC(C)CCS2. The first-order chi connectivity index (χ1) is 6.24. The van der Waals surface area contributed by atoms with Gasteiger partial charge in [-0.05, 0) is 32.1 Å². The van der Waals surface area contributed by atoms with Crippen LogP contribution in [0.1, 0.15) is 26.7 Å². The normalized spacial score (nSPS) is 41.5. The van der Waals surface area contributed by atoms with E-state index in [0.29, 0.717) is 4.87 Å². The maximum Gasteiger partial charge on any atom is 0.0787 e. The van der Waals surface area contributed by atoms with Crippen molar-refractivity contribution in [1.29, 1.82) is 0 Å². The lowest BCUT2D eigenvalue weighted by atomic mass is 10.1. The van der Waals surface area contributed by atoms with Crippen LogP contribution in [-0.2, 0) is 0 Å². The second kappa shape index (κ2) is 3.79. The molecule has 2 unspecified atom stereocenters. The summed E-state index contributed by atoms with van der Waals surface area (Å²) in [5.41, 5.74) is 0. The average Bonchev–Trinajstić information content (AvgIpc) is 2.48. The van der Waals surface area contributed by atoms with E-state index < -0.39 is 0 Å². The van der Waals surface area contributed by atoms with Gasteiger partial charge in [0.1, 0.15) is 0 Å². The Labute approximate surface area is 85.4 Å². The largest absolute Gasteiger partial charge is 0.301 e. The van der Waals surface area contributed by atoms with Crippen LogP contribution < -0.4 is 5.32 Å². The molecule has 1 N–H and O–H groups in total. The van der Waals surface area contributed by atoms with Gasteiger partial charge in [0.05, 0.1) is 4.87 Å². The molecule has 2 heterocycles. The van der Waals surface area contributed by atoms with E-state index in [4.69, 9.17) is 0 Å². The first-order valence-corrected chi connectivity index (χ1v) is 6.37. The Balaban J connectivity index is 1.97. The van der Waals surface area contributed by atoms with Gasteiger partial charge in [-0.2, -0.15) is 0 Å². The minimum absolute atomic E-state index is 0.410. The molecule has 1 spiro atoms. The van der Waals surface area contributed by atoms with Crippen molar-refractivity contribution in [2.24, 2.45) is 0 Å². The van der Waals surface area contributed by atoms with Gasteiger partial charge in [-0.15, -0.1) is 11.8 Å². The average molecular weight is 200 g/mol. The number of thioether (sulfide) groups is 1. The molecule has 0 radical (unpaired) electrons. The predicted molar refractivity (Wildman–Crippen MR) is 59.1 cm³/mol. The molecule has 13 heavy (non-hydrogen) atoms. The number of nitrogens with one attached hydrogen (secondary N) is 1. The first-order valence-electron chi connectivity index (χ1n) is 5.38. The zero-order valence-corrected chi connectivity index (χ0v) is 9.49. The van der Waals surface area contributed by atoms with Gasteiger partial charge < -0.3 is 4.90 Å². The number of hydrogen-bond acceptors (Lipinski definition) is 3. The summed E-state index contributed by atoms with van der Waals surface area (Å²) in [5, 5.41) is 3.78. The van der Waals surface area contributed by atoms with E-state index in [9.17, 15) is 0 Å². The van der Waals surface area contributed by atoms with Crippen molar-refractivity contribution < 1.29 is 0 Å². The summed E-state index contributed by atoms with van der Waals surface area (Å²) in [7, 11) is 0. The molecule has 3 heteroatoms. The van der Waals surface area contributed by atoms with E-state index in [1.165, 1.54) is 38.2 Å². The highest BCUT2D eigenvalue weighted by molar-refractivity contribution is 8.00. The molecule has 2 aliphatic rings. The molecule has 0 aromatic rings. The minimum Gasteiger partial charge on any atom is -0.301 e. The van der Waals surface area contributed by atoms with E-state index >= 15 is 0 Å². The molecule has 2 fully saturated rings. The third kappa shape index (κ3) is 2.03. The van der Waals surface area contributed by atoms with Crippen LogP contribution in [0.4, 0.5) is 0 Å². The standard InChI is InChI=1S/C10H20N2S/c1-3-12-6-5-10(8-12)11-9(2)4-7-13-10/h9,11H,3-8H2,1-2H3. The molecule has 2 nitrogen and oxygen atoms in total. The summed E-state index contributed by atoms with van der Waals surface area (Å²) >= 11 is 2.14. The molecule has 2 atom stereocenters. The smallest absolute Gasteiger partial charge is 0.0787 e. The van der Waals surface area contributed by atoms with E-state index in [0.717, 1.165) is 6.04 Å². The Bertz CT molecular complexity index is 186. The third-order valence-corrected chi connectivity index (χ3v) is 4.64. The molecule has 2 aliphatic heterocycles. The molecule has 0 aromatic heterocycles. The van der Waals surface area contributed by atoms with Crippen molar-refractivity contribution in [2.75, 3.05) is 25.4 Å². The second-order valence-corrected chi connectivity index (χ2v) is 5.77. The van der Waals surface area contributed by atoms with Crippen LogP contribution in [-0.4, -0.2) is 41.2 Å². The molecular formula is C10H20N2S. The fourth-order valence-electron chi connectivity index (χ4n) is 2.36. The lowest BCUT2D eigenvalue weighted by Gasteiger charge is -2.37. The summed E-state index contributed by atoms with van der Waals surface area (Å²) in [4.78, 5) is 2.96. The van der Waals surface area contributed by atoms with Gasteiger partial charge in [0.15, 0.2) is 0 Å². The van der Waals surface area contributed by atoms with Gasteiger partial charge in [0.25, 0.3) is 0 Å². The maximum atomic E-state index is 3.78. The zero-order valence-electron chi connectivity index (χ0n) is 8.68. The van der Waals surface area contributed by atoms with Crippen LogP contribution >= 0.6 is 11.8 Å². The minimum atomic E-state index is 0.410. The molecule has 0 aromatic carbocycles. The molecule has 0 bridgehead atoms. The van der Waals surface area contributed by atoms with E-state index in [1.54, 1.807) is 0 Å². The Kier molecular flexibility index (Phi) is 2.86. The van der Waals surface area contributed by atoms with Crippen molar-refractivity contribution in [3.8, 4) is 0 Å². The number of likely N-dealkylation sites (tertiary alicyclic amines) is 1. The number of rotatable bonds is 1. The van der Waals surface area contributed by atoms with Crippen LogP contribution in [0.15, 0.2) is 0 Å². The van der Waals surface area contributed by atoms with Crippen LogP contribution in [0.25, 0.3) is 0 Å². The highest BCUT2D eigenvalue weighted by Gasteiger charge is 2.40. The Morgan fingerprint density at radius 2 is 2.46 bits per heavy atom. The zero-order chi connectivity index (χ0) is 9.31. The number of likely N-dealkylation sites (N-methyl/N-ethyl adjacent to an activating group) is 1. The molecule has 2 saturated heterocycles. The molecule has 76 valence electrons. The molecule has 0 saturated carbocycles. The lowest BCUT2D eigenvalue weighted by Crippen LogP contribution is -2.52. The first kappa shape index (κ1) is 9.81.